The normalized spacial score (nSPS) is 10.8. The summed E-state index contributed by atoms with van der Waals surface area (Å²) in [6.07, 6.45) is 1.39. The molecule has 3 aromatic rings. The third kappa shape index (κ3) is 6.60. The lowest BCUT2D eigenvalue weighted by molar-refractivity contribution is -0.118. The Labute approximate surface area is 195 Å². The van der Waals surface area contributed by atoms with Gasteiger partial charge in [-0.1, -0.05) is 35.9 Å². The quantitative estimate of drug-likeness (QED) is 0.263. The predicted molar refractivity (Wildman–Crippen MR) is 127 cm³/mol. The molecule has 0 bridgehead atoms. The Morgan fingerprint density at radius 3 is 2.48 bits per heavy atom. The molecule has 0 aliphatic rings. The molecule has 8 heteroatoms. The third-order valence-electron chi connectivity index (χ3n) is 4.54. The lowest BCUT2D eigenvalue weighted by Crippen LogP contribution is -2.20. The summed E-state index contributed by atoms with van der Waals surface area (Å²) in [5.41, 5.74) is 2.44. The molecular formula is C25H20ClN3O4. The van der Waals surface area contributed by atoms with E-state index in [0.29, 0.717) is 22.7 Å². The molecule has 0 saturated carbocycles. The van der Waals surface area contributed by atoms with Crippen LogP contribution in [-0.2, 0) is 9.59 Å². The number of nitriles is 1. The molecule has 3 aromatic carbocycles. The molecular weight excluding hydrogens is 442 g/mol. The minimum atomic E-state index is -0.604. The van der Waals surface area contributed by atoms with Crippen LogP contribution in [0.25, 0.3) is 6.08 Å². The molecule has 0 fully saturated rings. The van der Waals surface area contributed by atoms with Gasteiger partial charge in [0.25, 0.3) is 11.8 Å². The van der Waals surface area contributed by atoms with Crippen molar-refractivity contribution in [2.24, 2.45) is 0 Å². The molecule has 2 amide bonds. The highest BCUT2D eigenvalue weighted by Crippen LogP contribution is 2.27. The second kappa shape index (κ2) is 10.8. The first-order valence-electron chi connectivity index (χ1n) is 9.85. The fourth-order valence-electron chi connectivity index (χ4n) is 2.83. The van der Waals surface area contributed by atoms with Gasteiger partial charge in [-0.3, -0.25) is 9.59 Å². The summed E-state index contributed by atoms with van der Waals surface area (Å²) >= 11 is 6.26. The number of amides is 2. The molecule has 3 N–H and O–H groups in total. The van der Waals surface area contributed by atoms with Gasteiger partial charge in [0, 0.05) is 11.4 Å². The zero-order chi connectivity index (χ0) is 23.8. The summed E-state index contributed by atoms with van der Waals surface area (Å²) < 4.78 is 5.50. The largest absolute Gasteiger partial charge is 0.508 e. The summed E-state index contributed by atoms with van der Waals surface area (Å²) in [5, 5.41) is 24.3. The van der Waals surface area contributed by atoms with Gasteiger partial charge in [-0.2, -0.15) is 5.26 Å². The van der Waals surface area contributed by atoms with Crippen LogP contribution in [0.5, 0.6) is 11.5 Å². The highest BCUT2D eigenvalue weighted by Gasteiger charge is 2.12. The molecule has 7 nitrogen and oxygen atoms in total. The first-order valence-corrected chi connectivity index (χ1v) is 10.2. The van der Waals surface area contributed by atoms with Gasteiger partial charge in [-0.15, -0.1) is 0 Å². The second-order valence-corrected chi connectivity index (χ2v) is 7.42. The number of para-hydroxylation sites is 1. The number of aromatic hydroxyl groups is 1. The van der Waals surface area contributed by atoms with Crippen LogP contribution in [0.15, 0.2) is 72.3 Å². The molecule has 166 valence electrons. The molecule has 0 unspecified atom stereocenters. The first kappa shape index (κ1) is 23.4. The molecule has 33 heavy (non-hydrogen) atoms. The Bertz CT molecular complexity index is 1250. The van der Waals surface area contributed by atoms with Crippen molar-refractivity contribution in [3.63, 3.8) is 0 Å². The number of hydrogen-bond acceptors (Lipinski definition) is 5. The fraction of sp³-hybridized carbons (Fsp3) is 0.0800. The number of nitrogens with zero attached hydrogens (tertiary/aromatic N) is 1. The molecule has 0 aliphatic heterocycles. The maximum atomic E-state index is 12.4. The van der Waals surface area contributed by atoms with Gasteiger partial charge in [0.05, 0.1) is 5.02 Å². The van der Waals surface area contributed by atoms with Crippen molar-refractivity contribution < 1.29 is 19.4 Å². The van der Waals surface area contributed by atoms with Crippen LogP contribution in [0.3, 0.4) is 0 Å². The van der Waals surface area contributed by atoms with Crippen molar-refractivity contribution >= 4 is 40.9 Å². The number of nitrogens with one attached hydrogen (secondary N) is 2. The highest BCUT2D eigenvalue weighted by molar-refractivity contribution is 6.32. The smallest absolute Gasteiger partial charge is 0.266 e. The average molecular weight is 462 g/mol. The predicted octanol–water partition coefficient (Wildman–Crippen LogP) is 4.92. The van der Waals surface area contributed by atoms with Crippen LogP contribution in [0.2, 0.25) is 5.02 Å². The minimum absolute atomic E-state index is 0.0636. The first-order chi connectivity index (χ1) is 15.9. The Kier molecular flexibility index (Phi) is 7.68. The van der Waals surface area contributed by atoms with Crippen LogP contribution in [-0.4, -0.2) is 23.5 Å². The number of anilines is 2. The van der Waals surface area contributed by atoms with E-state index in [9.17, 15) is 20.0 Å². The van der Waals surface area contributed by atoms with Gasteiger partial charge in [0.1, 0.15) is 23.1 Å². The summed E-state index contributed by atoms with van der Waals surface area (Å²) in [6, 6.07) is 19.8. The Hall–Kier alpha value is -4.28. The van der Waals surface area contributed by atoms with Crippen LogP contribution in [0, 0.1) is 18.3 Å². The number of halogens is 1. The lowest BCUT2D eigenvalue weighted by Gasteiger charge is -2.11. The number of ether oxygens (including phenoxy) is 1. The molecule has 0 atom stereocenters. The number of rotatable bonds is 7. The number of benzene rings is 3. The van der Waals surface area contributed by atoms with E-state index in [4.69, 9.17) is 16.3 Å². The summed E-state index contributed by atoms with van der Waals surface area (Å²) in [7, 11) is 0. The standard InChI is InChI=1S/C25H20ClN3O4/c1-16-4-2-3-5-22(16)29-24(31)15-33-23-11-6-17(13-21(23)26)12-18(14-27)25(32)28-19-7-9-20(30)10-8-19/h2-13,30H,15H2,1H3,(H,28,32)(H,29,31)/b18-12+. The number of carbonyl (C=O) groups is 2. The molecule has 0 radical (unpaired) electrons. The lowest BCUT2D eigenvalue weighted by atomic mass is 10.1. The molecule has 0 aliphatic carbocycles. The van der Waals surface area contributed by atoms with Gasteiger partial charge in [0.2, 0.25) is 0 Å². The molecule has 0 heterocycles. The van der Waals surface area contributed by atoms with Crippen LogP contribution in [0.4, 0.5) is 11.4 Å². The maximum Gasteiger partial charge on any atom is 0.266 e. The number of carbonyl (C=O) groups excluding carboxylic acids is 2. The van der Waals surface area contributed by atoms with Crippen LogP contribution in [0.1, 0.15) is 11.1 Å². The molecule has 0 spiro atoms. The van der Waals surface area contributed by atoms with E-state index < -0.39 is 5.91 Å². The van der Waals surface area contributed by atoms with E-state index in [-0.39, 0.29) is 28.9 Å². The maximum absolute atomic E-state index is 12.4. The van der Waals surface area contributed by atoms with Crippen LogP contribution < -0.4 is 15.4 Å². The van der Waals surface area contributed by atoms with Gasteiger partial charge in [0.15, 0.2) is 6.61 Å². The van der Waals surface area contributed by atoms with Gasteiger partial charge in [-0.05, 0) is 66.6 Å². The number of phenolic OH excluding ortho intramolecular Hbond substituents is 1. The van der Waals surface area contributed by atoms with E-state index in [1.54, 1.807) is 18.2 Å². The zero-order valence-electron chi connectivity index (χ0n) is 17.6. The molecule has 0 aromatic heterocycles. The molecule has 0 saturated heterocycles. The van der Waals surface area contributed by atoms with Gasteiger partial charge < -0.3 is 20.5 Å². The Morgan fingerprint density at radius 2 is 1.82 bits per heavy atom. The minimum Gasteiger partial charge on any atom is -0.508 e. The Balaban J connectivity index is 1.63. The number of hydrogen-bond donors (Lipinski definition) is 3. The van der Waals surface area contributed by atoms with Crippen molar-refractivity contribution in [2.75, 3.05) is 17.2 Å². The van der Waals surface area contributed by atoms with E-state index in [1.807, 2.05) is 31.2 Å². The second-order valence-electron chi connectivity index (χ2n) is 7.01. The third-order valence-corrected chi connectivity index (χ3v) is 4.83. The van der Waals surface area contributed by atoms with E-state index >= 15 is 0 Å². The van der Waals surface area contributed by atoms with Crippen molar-refractivity contribution in [2.45, 2.75) is 6.92 Å². The van der Waals surface area contributed by atoms with Gasteiger partial charge in [-0.25, -0.2) is 0 Å². The summed E-state index contributed by atoms with van der Waals surface area (Å²) in [4.78, 5) is 24.5. The number of aryl methyl sites for hydroxylation is 1. The van der Waals surface area contributed by atoms with E-state index in [2.05, 4.69) is 10.6 Å². The monoisotopic (exact) mass is 461 g/mol. The Morgan fingerprint density at radius 1 is 1.09 bits per heavy atom. The fourth-order valence-corrected chi connectivity index (χ4v) is 3.07. The van der Waals surface area contributed by atoms with Crippen molar-refractivity contribution in [3.8, 4) is 17.6 Å². The van der Waals surface area contributed by atoms with Crippen LogP contribution >= 0.6 is 11.6 Å². The average Bonchev–Trinajstić information content (AvgIpc) is 2.80. The van der Waals surface area contributed by atoms with Crippen molar-refractivity contribution in [3.05, 3.63) is 88.5 Å². The number of phenols is 1. The summed E-state index contributed by atoms with van der Waals surface area (Å²) in [6.45, 7) is 1.65. The van der Waals surface area contributed by atoms with Gasteiger partial charge >= 0.3 is 0 Å². The van der Waals surface area contributed by atoms with Crippen molar-refractivity contribution in [1.82, 2.24) is 0 Å². The van der Waals surface area contributed by atoms with Crippen molar-refractivity contribution in [1.29, 1.82) is 5.26 Å². The summed E-state index contributed by atoms with van der Waals surface area (Å²) in [5.74, 6) is -0.580. The van der Waals surface area contributed by atoms with E-state index in [0.717, 1.165) is 5.56 Å². The molecule has 3 rings (SSSR count). The topological polar surface area (TPSA) is 111 Å². The SMILES string of the molecule is Cc1ccccc1NC(=O)COc1ccc(/C=C(\C#N)C(=O)Nc2ccc(O)cc2)cc1Cl. The zero-order valence-corrected chi connectivity index (χ0v) is 18.4. The highest BCUT2D eigenvalue weighted by atomic mass is 35.5. The van der Waals surface area contributed by atoms with E-state index in [1.165, 1.54) is 36.4 Å².